The summed E-state index contributed by atoms with van der Waals surface area (Å²) < 4.78 is 0. The first-order chi connectivity index (χ1) is 8.61. The molecule has 0 amide bonds. The Kier molecular flexibility index (Phi) is 3.81. The molecule has 0 spiro atoms. The van der Waals surface area contributed by atoms with Gasteiger partial charge >= 0.3 is 5.97 Å². The summed E-state index contributed by atoms with van der Waals surface area (Å²) in [7, 11) is 0. The molecule has 0 radical (unpaired) electrons. The van der Waals surface area contributed by atoms with Gasteiger partial charge in [-0.3, -0.25) is 0 Å². The van der Waals surface area contributed by atoms with E-state index >= 15 is 0 Å². The molecule has 1 aromatic heterocycles. The number of aryl methyl sites for hydroxylation is 2. The Balaban J connectivity index is 2.39. The number of aromatic carboxylic acids is 1. The van der Waals surface area contributed by atoms with Crippen LogP contribution in [0.5, 0.6) is 0 Å². The van der Waals surface area contributed by atoms with Gasteiger partial charge < -0.3 is 15.5 Å². The second-order valence-corrected chi connectivity index (χ2v) is 4.73. The maximum atomic E-state index is 11.2. The van der Waals surface area contributed by atoms with Crippen LogP contribution >= 0.6 is 0 Å². The van der Waals surface area contributed by atoms with E-state index in [1.807, 2.05) is 0 Å². The number of carboxylic acid groups (broad SMARTS) is 1. The normalized spacial score (nSPS) is 15.9. The second kappa shape index (κ2) is 5.35. The van der Waals surface area contributed by atoms with Gasteiger partial charge in [0.25, 0.3) is 0 Å². The average Bonchev–Trinajstić information content (AvgIpc) is 2.37. The number of carboxylic acids is 1. The van der Waals surface area contributed by atoms with Crippen LogP contribution in [0.4, 0.5) is 5.82 Å². The third-order valence-electron chi connectivity index (χ3n) is 3.19. The Morgan fingerprint density at radius 1 is 1.50 bits per heavy atom. The predicted octanol–water partition coefficient (Wildman–Crippen LogP) is 1.45. The number of nitrogens with one attached hydrogen (secondary N) is 1. The zero-order valence-electron chi connectivity index (χ0n) is 10.4. The molecule has 0 aromatic carbocycles. The van der Waals surface area contributed by atoms with Gasteiger partial charge in [0.05, 0.1) is 6.61 Å². The van der Waals surface area contributed by atoms with E-state index in [1.54, 1.807) is 13.0 Å². The summed E-state index contributed by atoms with van der Waals surface area (Å²) in [5.74, 6) is -0.617. The quantitative estimate of drug-likeness (QED) is 0.753. The summed E-state index contributed by atoms with van der Waals surface area (Å²) in [4.78, 5) is 15.7. The number of pyridine rings is 1. The van der Waals surface area contributed by atoms with E-state index in [1.165, 1.54) is 0 Å². The smallest absolute Gasteiger partial charge is 0.339 e. The molecule has 0 fully saturated rings. The lowest BCUT2D eigenvalue weighted by Crippen LogP contribution is -2.23. The first kappa shape index (κ1) is 12.8. The Labute approximate surface area is 106 Å². The molecule has 5 nitrogen and oxygen atoms in total. The van der Waals surface area contributed by atoms with Crippen LogP contribution in [0.1, 0.15) is 41.4 Å². The molecule has 5 heteroatoms. The maximum absolute atomic E-state index is 11.2. The summed E-state index contributed by atoms with van der Waals surface area (Å²) in [5, 5.41) is 21.2. The van der Waals surface area contributed by atoms with Gasteiger partial charge in [-0.25, -0.2) is 9.78 Å². The van der Waals surface area contributed by atoms with Gasteiger partial charge in [-0.05, 0) is 44.2 Å². The molecule has 1 heterocycles. The number of anilines is 1. The zero-order valence-corrected chi connectivity index (χ0v) is 10.4. The minimum Gasteiger partial charge on any atom is -0.478 e. The first-order valence-electron chi connectivity index (χ1n) is 6.25. The highest BCUT2D eigenvalue weighted by atomic mass is 16.4. The lowest BCUT2D eigenvalue weighted by atomic mass is 9.94. The number of hydrogen-bond donors (Lipinski definition) is 3. The van der Waals surface area contributed by atoms with Crippen LogP contribution in [0.3, 0.4) is 0 Å². The number of fused-ring (bicyclic) bond motifs is 1. The average molecular weight is 250 g/mol. The van der Waals surface area contributed by atoms with Gasteiger partial charge in [0.2, 0.25) is 0 Å². The lowest BCUT2D eigenvalue weighted by molar-refractivity contribution is 0.0697. The van der Waals surface area contributed by atoms with Crippen LogP contribution in [0, 0.1) is 0 Å². The Morgan fingerprint density at radius 2 is 2.22 bits per heavy atom. The van der Waals surface area contributed by atoms with Gasteiger partial charge in [-0.1, -0.05) is 0 Å². The third-order valence-corrected chi connectivity index (χ3v) is 3.19. The zero-order chi connectivity index (χ0) is 13.1. The van der Waals surface area contributed by atoms with Crippen molar-refractivity contribution >= 4 is 11.8 Å². The van der Waals surface area contributed by atoms with E-state index in [0.29, 0.717) is 5.82 Å². The summed E-state index contributed by atoms with van der Waals surface area (Å²) in [6.45, 7) is 1.73. The molecule has 2 rings (SSSR count). The number of hydrogen-bond acceptors (Lipinski definition) is 4. The SMILES string of the molecule is CC(CO)Nc1nc2c(cc1C(=O)O)CCCC2. The van der Waals surface area contributed by atoms with Crippen molar-refractivity contribution < 1.29 is 15.0 Å². The molecule has 0 bridgehead atoms. The molecular weight excluding hydrogens is 232 g/mol. The lowest BCUT2D eigenvalue weighted by Gasteiger charge is -2.19. The van der Waals surface area contributed by atoms with Gasteiger partial charge in [0, 0.05) is 11.7 Å². The van der Waals surface area contributed by atoms with E-state index in [9.17, 15) is 9.90 Å². The van der Waals surface area contributed by atoms with Gasteiger partial charge in [-0.2, -0.15) is 0 Å². The minimum absolute atomic E-state index is 0.0577. The van der Waals surface area contributed by atoms with Crippen LogP contribution in [-0.2, 0) is 12.8 Å². The fourth-order valence-electron chi connectivity index (χ4n) is 2.19. The Hall–Kier alpha value is -1.62. The van der Waals surface area contributed by atoms with Gasteiger partial charge in [0.1, 0.15) is 11.4 Å². The fraction of sp³-hybridized carbons (Fsp3) is 0.538. The molecule has 0 aliphatic heterocycles. The molecule has 1 unspecified atom stereocenters. The number of nitrogens with zero attached hydrogens (tertiary/aromatic N) is 1. The van der Waals surface area contributed by atoms with E-state index in [4.69, 9.17) is 5.11 Å². The summed E-state index contributed by atoms with van der Waals surface area (Å²) in [6, 6.07) is 1.51. The number of aromatic nitrogens is 1. The van der Waals surface area contributed by atoms with Crippen LogP contribution in [0.25, 0.3) is 0 Å². The molecule has 1 aliphatic carbocycles. The fourth-order valence-corrected chi connectivity index (χ4v) is 2.19. The van der Waals surface area contributed by atoms with Crippen molar-refractivity contribution in [3.05, 3.63) is 22.9 Å². The highest BCUT2D eigenvalue weighted by molar-refractivity contribution is 5.93. The Bertz CT molecular complexity index is 460. The van der Waals surface area contributed by atoms with Crippen LogP contribution in [0.2, 0.25) is 0 Å². The van der Waals surface area contributed by atoms with Crippen molar-refractivity contribution in [2.45, 2.75) is 38.6 Å². The third kappa shape index (κ3) is 2.61. The van der Waals surface area contributed by atoms with Crippen molar-refractivity contribution in [2.75, 3.05) is 11.9 Å². The van der Waals surface area contributed by atoms with E-state index < -0.39 is 5.97 Å². The van der Waals surface area contributed by atoms with Crippen molar-refractivity contribution in [2.24, 2.45) is 0 Å². The predicted molar refractivity (Wildman–Crippen MR) is 68.0 cm³/mol. The minimum atomic E-state index is -0.983. The monoisotopic (exact) mass is 250 g/mol. The molecule has 1 aliphatic rings. The number of rotatable bonds is 4. The van der Waals surface area contributed by atoms with E-state index in [-0.39, 0.29) is 18.2 Å². The highest BCUT2D eigenvalue weighted by Crippen LogP contribution is 2.25. The van der Waals surface area contributed by atoms with Crippen LogP contribution in [-0.4, -0.2) is 33.8 Å². The maximum Gasteiger partial charge on any atom is 0.339 e. The van der Waals surface area contributed by atoms with E-state index in [0.717, 1.165) is 36.9 Å². The van der Waals surface area contributed by atoms with Crippen molar-refractivity contribution in [3.8, 4) is 0 Å². The molecule has 3 N–H and O–H groups in total. The highest BCUT2D eigenvalue weighted by Gasteiger charge is 2.19. The van der Waals surface area contributed by atoms with Gasteiger partial charge in [-0.15, -0.1) is 0 Å². The van der Waals surface area contributed by atoms with Crippen LogP contribution in [0.15, 0.2) is 6.07 Å². The topological polar surface area (TPSA) is 82.5 Å². The Morgan fingerprint density at radius 3 is 2.89 bits per heavy atom. The second-order valence-electron chi connectivity index (χ2n) is 4.73. The van der Waals surface area contributed by atoms with Crippen molar-refractivity contribution in [1.82, 2.24) is 4.98 Å². The molecular formula is C13H18N2O3. The summed E-state index contributed by atoms with van der Waals surface area (Å²) in [6.07, 6.45) is 3.99. The van der Waals surface area contributed by atoms with Gasteiger partial charge in [0.15, 0.2) is 0 Å². The molecule has 1 aromatic rings. The van der Waals surface area contributed by atoms with Crippen molar-refractivity contribution in [3.63, 3.8) is 0 Å². The standard InChI is InChI=1S/C13H18N2O3/c1-8(7-16)14-12-10(13(17)18)6-9-4-2-3-5-11(9)15-12/h6,8,16H,2-5,7H2,1H3,(H,14,15)(H,17,18). The molecule has 18 heavy (non-hydrogen) atoms. The van der Waals surface area contributed by atoms with Crippen molar-refractivity contribution in [1.29, 1.82) is 0 Å². The molecule has 98 valence electrons. The first-order valence-corrected chi connectivity index (χ1v) is 6.25. The molecule has 0 saturated heterocycles. The molecule has 1 atom stereocenters. The number of aliphatic hydroxyl groups is 1. The molecule has 0 saturated carbocycles. The summed E-state index contributed by atoms with van der Waals surface area (Å²) >= 11 is 0. The summed E-state index contributed by atoms with van der Waals surface area (Å²) in [5.41, 5.74) is 2.22. The van der Waals surface area contributed by atoms with E-state index in [2.05, 4.69) is 10.3 Å². The number of carbonyl (C=O) groups is 1. The van der Waals surface area contributed by atoms with Crippen LogP contribution < -0.4 is 5.32 Å². The number of aliphatic hydroxyl groups excluding tert-OH is 1. The largest absolute Gasteiger partial charge is 0.478 e.